The Morgan fingerprint density at radius 2 is 2.24 bits per heavy atom. The Morgan fingerprint density at radius 3 is 3.00 bits per heavy atom. The lowest BCUT2D eigenvalue weighted by Crippen LogP contribution is -2.28. The van der Waals surface area contributed by atoms with E-state index in [1.54, 1.807) is 29.1 Å². The van der Waals surface area contributed by atoms with Crippen molar-refractivity contribution in [2.75, 3.05) is 18.4 Å². The number of halogens is 1. The van der Waals surface area contributed by atoms with Gasteiger partial charge in [-0.25, -0.2) is 4.79 Å². The number of H-pyrrole nitrogens is 1. The molecule has 3 heterocycles. The number of fused-ring (bicyclic) bond motifs is 1. The van der Waals surface area contributed by atoms with Gasteiger partial charge in [-0.05, 0) is 23.8 Å². The Hall–Kier alpha value is -2.58. The molecule has 0 saturated carbocycles. The molecular formula is C16H18ClN5O3. The minimum atomic E-state index is -0.509. The van der Waals surface area contributed by atoms with Crippen LogP contribution in [-0.2, 0) is 11.8 Å². The smallest absolute Gasteiger partial charge is 0.408 e. The van der Waals surface area contributed by atoms with Crippen LogP contribution >= 0.6 is 12.4 Å². The van der Waals surface area contributed by atoms with Gasteiger partial charge in [-0.1, -0.05) is 0 Å². The molecule has 1 amide bonds. The van der Waals surface area contributed by atoms with Gasteiger partial charge in [0.05, 0.1) is 17.6 Å². The van der Waals surface area contributed by atoms with Crippen molar-refractivity contribution in [3.05, 3.63) is 46.7 Å². The predicted octanol–water partition coefficient (Wildman–Crippen LogP) is 1.22. The number of aromatic nitrogens is 3. The number of benzene rings is 1. The van der Waals surface area contributed by atoms with Crippen LogP contribution in [0.5, 0.6) is 0 Å². The number of aromatic amines is 1. The molecular weight excluding hydrogens is 346 g/mol. The van der Waals surface area contributed by atoms with Crippen molar-refractivity contribution < 1.29 is 9.21 Å². The highest BCUT2D eigenvalue weighted by atomic mass is 35.5. The number of nitrogens with one attached hydrogen (secondary N) is 3. The first kappa shape index (κ1) is 17.2. The van der Waals surface area contributed by atoms with Gasteiger partial charge >= 0.3 is 5.76 Å². The quantitative estimate of drug-likeness (QED) is 0.649. The number of amides is 1. The minimum Gasteiger partial charge on any atom is -0.408 e. The zero-order valence-electron chi connectivity index (χ0n) is 13.5. The van der Waals surface area contributed by atoms with Gasteiger partial charge in [-0.2, -0.15) is 5.10 Å². The summed E-state index contributed by atoms with van der Waals surface area (Å²) in [5.41, 5.74) is 2.71. The molecule has 4 rings (SSSR count). The molecule has 0 unspecified atom stereocenters. The summed E-state index contributed by atoms with van der Waals surface area (Å²) in [7, 11) is 1.86. The van der Waals surface area contributed by atoms with Gasteiger partial charge < -0.3 is 15.1 Å². The molecule has 2 atom stereocenters. The average molecular weight is 364 g/mol. The molecule has 3 aromatic rings. The number of hydrogen-bond donors (Lipinski definition) is 3. The lowest BCUT2D eigenvalue weighted by molar-refractivity contribution is -0.119. The van der Waals surface area contributed by atoms with Gasteiger partial charge in [0.1, 0.15) is 0 Å². The minimum absolute atomic E-state index is 0. The van der Waals surface area contributed by atoms with E-state index >= 15 is 0 Å². The molecule has 9 heteroatoms. The molecule has 25 heavy (non-hydrogen) atoms. The van der Waals surface area contributed by atoms with Crippen LogP contribution < -0.4 is 16.4 Å². The fraction of sp³-hybridized carbons (Fsp3) is 0.312. The van der Waals surface area contributed by atoms with E-state index in [1.807, 2.05) is 13.2 Å². The van der Waals surface area contributed by atoms with E-state index in [0.29, 0.717) is 23.3 Å². The summed E-state index contributed by atoms with van der Waals surface area (Å²) < 4.78 is 6.70. The van der Waals surface area contributed by atoms with Crippen molar-refractivity contribution in [3.63, 3.8) is 0 Å². The number of carbonyl (C=O) groups is 1. The molecule has 0 spiro atoms. The summed E-state index contributed by atoms with van der Waals surface area (Å²) >= 11 is 0. The number of hydrogen-bond acceptors (Lipinski definition) is 5. The van der Waals surface area contributed by atoms with E-state index in [9.17, 15) is 9.59 Å². The predicted molar refractivity (Wildman–Crippen MR) is 95.0 cm³/mol. The Bertz CT molecular complexity index is 960. The molecule has 1 aliphatic heterocycles. The lowest BCUT2D eigenvalue weighted by atomic mass is 9.90. The maximum Gasteiger partial charge on any atom is 0.417 e. The molecule has 132 valence electrons. The molecule has 0 radical (unpaired) electrons. The summed E-state index contributed by atoms with van der Waals surface area (Å²) in [4.78, 5) is 26.5. The largest absolute Gasteiger partial charge is 0.417 e. The van der Waals surface area contributed by atoms with Crippen molar-refractivity contribution in [1.82, 2.24) is 20.1 Å². The standard InChI is InChI=1S/C16H17N5O3.ClH/c1-21-8-9(5-18-21)11-6-17-7-12(11)15(22)19-10-2-3-14-13(4-10)20-16(23)24-14;/h2-5,8,11-12,17H,6-7H2,1H3,(H,19,22)(H,20,23);1H/t11-,12+;/m1./s1. The SMILES string of the molecule is Cl.Cn1cc([C@H]2CNC[C@@H]2C(=O)Nc2ccc3oc(=O)[nH]c3c2)cn1. The topological polar surface area (TPSA) is 105 Å². The van der Waals surface area contributed by atoms with Gasteiger partial charge in [-0.3, -0.25) is 14.5 Å². The van der Waals surface area contributed by atoms with E-state index in [1.165, 1.54) is 0 Å². The zero-order valence-corrected chi connectivity index (χ0v) is 14.3. The number of aryl methyl sites for hydroxylation is 1. The molecule has 3 N–H and O–H groups in total. The van der Waals surface area contributed by atoms with Crippen molar-refractivity contribution in [3.8, 4) is 0 Å². The first-order chi connectivity index (χ1) is 11.6. The zero-order chi connectivity index (χ0) is 16.7. The number of carbonyl (C=O) groups excluding carboxylic acids is 1. The highest BCUT2D eigenvalue weighted by molar-refractivity contribution is 5.95. The summed E-state index contributed by atoms with van der Waals surface area (Å²) in [5.74, 6) is -0.645. The van der Waals surface area contributed by atoms with E-state index in [2.05, 4.69) is 20.7 Å². The molecule has 0 aliphatic carbocycles. The van der Waals surface area contributed by atoms with Crippen LogP contribution in [-0.4, -0.2) is 33.8 Å². The summed E-state index contributed by atoms with van der Waals surface area (Å²) in [6, 6.07) is 5.08. The maximum atomic E-state index is 12.7. The van der Waals surface area contributed by atoms with Crippen molar-refractivity contribution in [1.29, 1.82) is 0 Å². The number of oxazole rings is 1. The highest BCUT2D eigenvalue weighted by Gasteiger charge is 2.34. The fourth-order valence-corrected chi connectivity index (χ4v) is 3.20. The van der Waals surface area contributed by atoms with Gasteiger partial charge in [-0.15, -0.1) is 12.4 Å². The van der Waals surface area contributed by atoms with E-state index in [-0.39, 0.29) is 30.2 Å². The lowest BCUT2D eigenvalue weighted by Gasteiger charge is -2.17. The monoisotopic (exact) mass is 363 g/mol. The Labute approximate surface area is 149 Å². The van der Waals surface area contributed by atoms with Crippen LogP contribution in [0.25, 0.3) is 11.1 Å². The molecule has 1 aromatic carbocycles. The Kier molecular flexibility index (Phi) is 4.65. The van der Waals surface area contributed by atoms with Crippen LogP contribution in [0.3, 0.4) is 0 Å². The number of anilines is 1. The molecule has 1 aliphatic rings. The Morgan fingerprint density at radius 1 is 1.40 bits per heavy atom. The Balaban J connectivity index is 0.00000182. The summed E-state index contributed by atoms with van der Waals surface area (Å²) in [6.07, 6.45) is 3.75. The maximum absolute atomic E-state index is 12.7. The third kappa shape index (κ3) is 3.31. The van der Waals surface area contributed by atoms with Crippen LogP contribution in [0, 0.1) is 5.92 Å². The number of rotatable bonds is 3. The highest BCUT2D eigenvalue weighted by Crippen LogP contribution is 2.29. The van der Waals surface area contributed by atoms with Gasteiger partial charge in [0.25, 0.3) is 0 Å². The summed E-state index contributed by atoms with van der Waals surface area (Å²) in [6.45, 7) is 1.37. The number of nitrogens with zero attached hydrogens (tertiary/aromatic N) is 2. The van der Waals surface area contributed by atoms with Crippen LogP contribution in [0.1, 0.15) is 11.5 Å². The van der Waals surface area contributed by atoms with E-state index < -0.39 is 5.76 Å². The van der Waals surface area contributed by atoms with Crippen LogP contribution in [0.4, 0.5) is 5.69 Å². The third-order valence-corrected chi connectivity index (χ3v) is 4.39. The van der Waals surface area contributed by atoms with Crippen LogP contribution in [0.2, 0.25) is 0 Å². The van der Waals surface area contributed by atoms with Crippen molar-refractivity contribution in [2.45, 2.75) is 5.92 Å². The molecule has 1 fully saturated rings. The molecule has 8 nitrogen and oxygen atoms in total. The van der Waals surface area contributed by atoms with Crippen molar-refractivity contribution >= 4 is 35.1 Å². The second kappa shape index (κ2) is 6.73. The second-order valence-electron chi connectivity index (χ2n) is 6.03. The fourth-order valence-electron chi connectivity index (χ4n) is 3.20. The van der Waals surface area contributed by atoms with Gasteiger partial charge in [0.2, 0.25) is 5.91 Å². The second-order valence-corrected chi connectivity index (χ2v) is 6.03. The normalized spacial score (nSPS) is 19.7. The molecule has 2 aromatic heterocycles. The van der Waals surface area contributed by atoms with Crippen LogP contribution in [0.15, 0.2) is 39.8 Å². The molecule has 1 saturated heterocycles. The summed E-state index contributed by atoms with van der Waals surface area (Å²) in [5, 5.41) is 10.4. The van der Waals surface area contributed by atoms with E-state index in [0.717, 1.165) is 12.1 Å². The first-order valence-corrected chi connectivity index (χ1v) is 7.73. The van der Waals surface area contributed by atoms with Gasteiger partial charge in [0.15, 0.2) is 5.58 Å². The third-order valence-electron chi connectivity index (χ3n) is 4.39. The van der Waals surface area contributed by atoms with Gasteiger partial charge in [0, 0.05) is 37.9 Å². The first-order valence-electron chi connectivity index (χ1n) is 7.73. The average Bonchev–Trinajstić information content (AvgIpc) is 3.24. The van der Waals surface area contributed by atoms with E-state index in [4.69, 9.17) is 4.42 Å². The molecule has 0 bridgehead atoms. The van der Waals surface area contributed by atoms with Crippen molar-refractivity contribution in [2.24, 2.45) is 13.0 Å².